The van der Waals surface area contributed by atoms with Gasteiger partial charge in [-0.2, -0.15) is 0 Å². The molecule has 8 N–H and O–H groups in total. The molecule has 1 fully saturated rings. The Kier molecular flexibility index (Phi) is 61.2. The number of allylic oxidation sites excluding steroid dienone is 4. The van der Waals surface area contributed by atoms with Crippen LogP contribution in [0.1, 0.15) is 380 Å². The van der Waals surface area contributed by atoms with E-state index in [1.165, 1.54) is 302 Å². The Balaban J connectivity index is 2.17. The molecule has 1 amide bonds. The zero-order valence-corrected chi connectivity index (χ0v) is 56.6. The van der Waals surface area contributed by atoms with E-state index < -0.39 is 74.2 Å². The van der Waals surface area contributed by atoms with Gasteiger partial charge in [-0.3, -0.25) is 4.79 Å². The standard InChI is InChI=1S/C75H145NO10/c1-3-5-7-9-11-13-15-17-19-21-23-25-27-29-31-33-34-35-37-39-41-43-45-47-49-51-53-55-57-59-61-63-68(79)74(84)76-66(65-85-75-73(83)72(82)71(81)69(64-77)86-75)70(80)67(78)62-60-58-56-54-52-50-48-46-44-42-40-38-36-32-30-28-26-24-22-20-18-16-14-12-10-8-6-4-2/h29,31,54,56,66-73,75,77-83H,3-28,30,32-53,55,57-65H2,1-2H3,(H,76,84)/b31-29-,56-54+. The fourth-order valence-electron chi connectivity index (χ4n) is 12.4. The van der Waals surface area contributed by atoms with Crippen LogP contribution < -0.4 is 5.32 Å². The molecule has 86 heavy (non-hydrogen) atoms. The SMILES string of the molecule is CCCCCCCCCCCCCC/C=C\CCCCCCCCCCCCCCCCCC(O)C(=O)NC(COC1OC(CO)C(O)C(O)C1O)C(O)C(O)CCC/C=C/CCCCCCCCCCCCCCCCCCCCCCCCC. The topological polar surface area (TPSA) is 189 Å². The third-order valence-electron chi connectivity index (χ3n) is 18.5. The summed E-state index contributed by atoms with van der Waals surface area (Å²) >= 11 is 0. The molecule has 0 bridgehead atoms. The van der Waals surface area contributed by atoms with Gasteiger partial charge in [-0.1, -0.05) is 340 Å². The average molecular weight is 1220 g/mol. The molecule has 1 aliphatic rings. The van der Waals surface area contributed by atoms with Crippen molar-refractivity contribution in [2.24, 2.45) is 0 Å². The van der Waals surface area contributed by atoms with Crippen LogP contribution in [0.15, 0.2) is 24.3 Å². The van der Waals surface area contributed by atoms with E-state index in [0.717, 1.165) is 38.5 Å². The number of amides is 1. The first-order valence-electron chi connectivity index (χ1n) is 37.7. The molecule has 9 atom stereocenters. The summed E-state index contributed by atoms with van der Waals surface area (Å²) in [6.07, 6.45) is 70.0. The molecular weight excluding hydrogens is 1070 g/mol. The average Bonchev–Trinajstić information content (AvgIpc) is 3.00. The van der Waals surface area contributed by atoms with E-state index in [1.807, 2.05) is 0 Å². The lowest BCUT2D eigenvalue weighted by atomic mass is 9.98. The molecule has 9 unspecified atom stereocenters. The summed E-state index contributed by atoms with van der Waals surface area (Å²) in [6, 6.07) is -1.19. The zero-order valence-electron chi connectivity index (χ0n) is 56.6. The maximum absolute atomic E-state index is 13.3. The van der Waals surface area contributed by atoms with Crippen LogP contribution in [0.4, 0.5) is 0 Å². The van der Waals surface area contributed by atoms with E-state index in [0.29, 0.717) is 12.8 Å². The molecule has 0 aromatic rings. The number of rotatable bonds is 67. The van der Waals surface area contributed by atoms with Crippen LogP contribution in [-0.2, 0) is 14.3 Å². The first kappa shape index (κ1) is 82.6. The van der Waals surface area contributed by atoms with Gasteiger partial charge in [-0.05, 0) is 64.2 Å². The molecule has 0 aliphatic carbocycles. The summed E-state index contributed by atoms with van der Waals surface area (Å²) < 4.78 is 11.2. The van der Waals surface area contributed by atoms with Crippen molar-refractivity contribution in [3.63, 3.8) is 0 Å². The minimum atomic E-state index is -1.67. The van der Waals surface area contributed by atoms with Gasteiger partial charge in [0, 0.05) is 0 Å². The second kappa shape index (κ2) is 63.7. The van der Waals surface area contributed by atoms with Gasteiger partial charge in [0.05, 0.1) is 25.4 Å². The van der Waals surface area contributed by atoms with E-state index in [2.05, 4.69) is 43.5 Å². The van der Waals surface area contributed by atoms with Crippen molar-refractivity contribution in [3.8, 4) is 0 Å². The minimum Gasteiger partial charge on any atom is -0.394 e. The number of ether oxygens (including phenoxy) is 2. The van der Waals surface area contributed by atoms with Crippen LogP contribution in [-0.4, -0.2) is 110 Å². The van der Waals surface area contributed by atoms with Gasteiger partial charge in [0.1, 0.15) is 36.6 Å². The van der Waals surface area contributed by atoms with Gasteiger partial charge < -0.3 is 50.5 Å². The van der Waals surface area contributed by atoms with E-state index in [4.69, 9.17) is 9.47 Å². The summed E-state index contributed by atoms with van der Waals surface area (Å²) in [5.41, 5.74) is 0. The maximum atomic E-state index is 13.3. The minimum absolute atomic E-state index is 0.257. The first-order valence-corrected chi connectivity index (χ1v) is 37.7. The number of aliphatic hydroxyl groups excluding tert-OH is 7. The molecule has 0 saturated carbocycles. The molecule has 11 heteroatoms. The summed E-state index contributed by atoms with van der Waals surface area (Å²) in [4.78, 5) is 13.3. The normalized spacial score (nSPS) is 18.8. The van der Waals surface area contributed by atoms with Gasteiger partial charge >= 0.3 is 0 Å². The lowest BCUT2D eigenvalue weighted by Crippen LogP contribution is -2.60. The van der Waals surface area contributed by atoms with Crippen LogP contribution >= 0.6 is 0 Å². The van der Waals surface area contributed by atoms with Crippen molar-refractivity contribution in [3.05, 3.63) is 24.3 Å². The second-order valence-electron chi connectivity index (χ2n) is 26.7. The number of nitrogens with one attached hydrogen (secondary N) is 1. The highest BCUT2D eigenvalue weighted by molar-refractivity contribution is 5.80. The smallest absolute Gasteiger partial charge is 0.249 e. The fraction of sp³-hybridized carbons (Fsp3) is 0.933. The van der Waals surface area contributed by atoms with Gasteiger partial charge in [0.25, 0.3) is 0 Å². The summed E-state index contributed by atoms with van der Waals surface area (Å²) in [7, 11) is 0. The van der Waals surface area contributed by atoms with Gasteiger partial charge in [-0.25, -0.2) is 0 Å². The summed E-state index contributed by atoms with van der Waals surface area (Å²) in [5.74, 6) is -0.699. The Bertz CT molecular complexity index is 1450. The quantitative estimate of drug-likeness (QED) is 0.0215. The number of unbranched alkanes of at least 4 members (excludes halogenated alkanes) is 51. The van der Waals surface area contributed by atoms with E-state index in [-0.39, 0.29) is 12.8 Å². The van der Waals surface area contributed by atoms with Crippen molar-refractivity contribution in [1.29, 1.82) is 0 Å². The van der Waals surface area contributed by atoms with Crippen molar-refractivity contribution in [2.45, 2.75) is 435 Å². The third-order valence-corrected chi connectivity index (χ3v) is 18.5. The monoisotopic (exact) mass is 1220 g/mol. The van der Waals surface area contributed by atoms with Crippen LogP contribution in [0.25, 0.3) is 0 Å². The molecule has 510 valence electrons. The van der Waals surface area contributed by atoms with Gasteiger partial charge in [0.2, 0.25) is 5.91 Å². The molecule has 0 radical (unpaired) electrons. The predicted octanol–water partition coefficient (Wildman–Crippen LogP) is 18.8. The highest BCUT2D eigenvalue weighted by Crippen LogP contribution is 2.24. The molecule has 0 aromatic carbocycles. The molecule has 0 spiro atoms. The fourth-order valence-corrected chi connectivity index (χ4v) is 12.4. The molecule has 1 heterocycles. The molecule has 1 rings (SSSR count). The van der Waals surface area contributed by atoms with E-state index in [9.17, 15) is 40.5 Å². The molecule has 1 aliphatic heterocycles. The highest BCUT2D eigenvalue weighted by atomic mass is 16.7. The Morgan fingerprint density at radius 2 is 0.686 bits per heavy atom. The maximum Gasteiger partial charge on any atom is 0.249 e. The second-order valence-corrected chi connectivity index (χ2v) is 26.7. The van der Waals surface area contributed by atoms with Crippen LogP contribution in [0.5, 0.6) is 0 Å². The van der Waals surface area contributed by atoms with E-state index >= 15 is 0 Å². The third kappa shape index (κ3) is 50.3. The van der Waals surface area contributed by atoms with E-state index in [1.54, 1.807) is 0 Å². The van der Waals surface area contributed by atoms with Gasteiger partial charge in [-0.15, -0.1) is 0 Å². The van der Waals surface area contributed by atoms with Crippen molar-refractivity contribution < 1.29 is 50.0 Å². The Morgan fingerprint density at radius 3 is 1.00 bits per heavy atom. The summed E-state index contributed by atoms with van der Waals surface area (Å²) in [5, 5.41) is 76.6. The first-order chi connectivity index (χ1) is 42.2. The number of hydrogen-bond acceptors (Lipinski definition) is 10. The van der Waals surface area contributed by atoms with Crippen molar-refractivity contribution >= 4 is 5.91 Å². The molecule has 1 saturated heterocycles. The Hall–Kier alpha value is -1.41. The van der Waals surface area contributed by atoms with Crippen molar-refractivity contribution in [1.82, 2.24) is 5.32 Å². The van der Waals surface area contributed by atoms with Crippen LogP contribution in [0, 0.1) is 0 Å². The molecular formula is C75H145NO10. The highest BCUT2D eigenvalue weighted by Gasteiger charge is 2.44. The number of carbonyl (C=O) groups is 1. The molecule has 0 aromatic heterocycles. The van der Waals surface area contributed by atoms with Crippen LogP contribution in [0.2, 0.25) is 0 Å². The number of aliphatic hydroxyl groups is 7. The predicted molar refractivity (Wildman–Crippen MR) is 362 cm³/mol. The lowest BCUT2D eigenvalue weighted by molar-refractivity contribution is -0.303. The van der Waals surface area contributed by atoms with Gasteiger partial charge in [0.15, 0.2) is 6.29 Å². The lowest BCUT2D eigenvalue weighted by Gasteiger charge is -2.40. The summed E-state index contributed by atoms with van der Waals surface area (Å²) in [6.45, 7) is 3.51. The number of hydrogen-bond donors (Lipinski definition) is 8. The largest absolute Gasteiger partial charge is 0.394 e. The Labute approximate surface area is 531 Å². The Morgan fingerprint density at radius 1 is 0.395 bits per heavy atom. The molecule has 11 nitrogen and oxygen atoms in total. The van der Waals surface area contributed by atoms with Crippen molar-refractivity contribution in [2.75, 3.05) is 13.2 Å². The van der Waals surface area contributed by atoms with Crippen LogP contribution in [0.3, 0.4) is 0 Å². The number of carbonyl (C=O) groups excluding carboxylic acids is 1. The zero-order chi connectivity index (χ0) is 62.4.